The summed E-state index contributed by atoms with van der Waals surface area (Å²) in [6.45, 7) is 2.35. The molecule has 0 radical (unpaired) electrons. The maximum Gasteiger partial charge on any atom is 0.0406 e. The van der Waals surface area contributed by atoms with Crippen molar-refractivity contribution in [2.75, 3.05) is 0 Å². The Morgan fingerprint density at radius 3 is 2.04 bits per heavy atom. The second-order valence-electron chi connectivity index (χ2n) is 8.44. The van der Waals surface area contributed by atoms with Gasteiger partial charge in [0.1, 0.15) is 0 Å². The van der Waals surface area contributed by atoms with E-state index in [0.29, 0.717) is 0 Å². The first-order valence-electron chi connectivity index (χ1n) is 10.5. The first kappa shape index (κ1) is 18.5. The van der Waals surface area contributed by atoms with Crippen molar-refractivity contribution in [3.05, 3.63) is 34.9 Å². The van der Waals surface area contributed by atoms with Gasteiger partial charge >= 0.3 is 0 Å². The molecule has 0 unspecified atom stereocenters. The lowest BCUT2D eigenvalue weighted by molar-refractivity contribution is 0.165. The summed E-state index contributed by atoms with van der Waals surface area (Å²) in [5, 5.41) is 0.867. The Kier molecular flexibility index (Phi) is 7.28. The van der Waals surface area contributed by atoms with E-state index in [2.05, 4.69) is 31.2 Å². The minimum Gasteiger partial charge on any atom is -0.0843 e. The highest BCUT2D eigenvalue weighted by Crippen LogP contribution is 2.44. The van der Waals surface area contributed by atoms with E-state index in [0.717, 1.165) is 28.7 Å². The third kappa shape index (κ3) is 5.11. The summed E-state index contributed by atoms with van der Waals surface area (Å²) in [7, 11) is 0.277. The molecule has 2 saturated carbocycles. The molecule has 0 amide bonds. The lowest BCUT2D eigenvalue weighted by Gasteiger charge is -2.38. The Labute approximate surface area is 156 Å². The van der Waals surface area contributed by atoms with Crippen LogP contribution in [0, 0.1) is 17.8 Å². The summed E-state index contributed by atoms with van der Waals surface area (Å²) in [6.07, 6.45) is 13.4. The SMILES string of the molecule is CCC[SiH2]C[C@H]1CC[C@H](C2CCC(c3ccc(Cl)cc3)CC2)CC1. The van der Waals surface area contributed by atoms with Gasteiger partial charge in [0.2, 0.25) is 0 Å². The fraction of sp³-hybridized carbons (Fsp3) is 0.727. The molecule has 0 nitrogen and oxygen atoms in total. The van der Waals surface area contributed by atoms with E-state index in [1.165, 1.54) is 37.7 Å². The Morgan fingerprint density at radius 2 is 1.46 bits per heavy atom. The molecule has 1 aromatic carbocycles. The van der Waals surface area contributed by atoms with E-state index in [4.69, 9.17) is 11.6 Å². The Morgan fingerprint density at radius 1 is 0.875 bits per heavy atom. The van der Waals surface area contributed by atoms with E-state index >= 15 is 0 Å². The lowest BCUT2D eigenvalue weighted by Crippen LogP contribution is -2.25. The highest BCUT2D eigenvalue weighted by molar-refractivity contribution is 6.35. The number of benzene rings is 1. The van der Waals surface area contributed by atoms with Gasteiger partial charge in [0.25, 0.3) is 0 Å². The molecule has 3 rings (SSSR count). The van der Waals surface area contributed by atoms with E-state index in [1.807, 2.05) is 0 Å². The summed E-state index contributed by atoms with van der Waals surface area (Å²) in [5.74, 6) is 3.99. The molecule has 0 spiro atoms. The lowest BCUT2D eigenvalue weighted by atomic mass is 9.68. The van der Waals surface area contributed by atoms with Crippen LogP contribution >= 0.6 is 11.6 Å². The molecular weight excluding hydrogens is 328 g/mol. The van der Waals surface area contributed by atoms with E-state index in [1.54, 1.807) is 37.8 Å². The fourth-order valence-electron chi connectivity index (χ4n) is 5.29. The van der Waals surface area contributed by atoms with Crippen molar-refractivity contribution >= 4 is 21.1 Å². The highest BCUT2D eigenvalue weighted by Gasteiger charge is 2.31. The van der Waals surface area contributed by atoms with Crippen LogP contribution in [-0.4, -0.2) is 9.52 Å². The smallest absolute Gasteiger partial charge is 0.0406 e. The molecule has 134 valence electrons. The van der Waals surface area contributed by atoms with Gasteiger partial charge in [-0.25, -0.2) is 0 Å². The van der Waals surface area contributed by atoms with Crippen LogP contribution < -0.4 is 0 Å². The zero-order chi connectivity index (χ0) is 16.8. The van der Waals surface area contributed by atoms with Gasteiger partial charge in [-0.15, -0.1) is 0 Å². The van der Waals surface area contributed by atoms with Crippen LogP contribution in [0.4, 0.5) is 0 Å². The van der Waals surface area contributed by atoms with Crippen LogP contribution in [0.3, 0.4) is 0 Å². The van der Waals surface area contributed by atoms with Crippen LogP contribution in [0.15, 0.2) is 24.3 Å². The summed E-state index contributed by atoms with van der Waals surface area (Å²) < 4.78 is 0. The predicted molar refractivity (Wildman–Crippen MR) is 110 cm³/mol. The quantitative estimate of drug-likeness (QED) is 0.384. The zero-order valence-corrected chi connectivity index (χ0v) is 17.7. The Bertz CT molecular complexity index is 467. The van der Waals surface area contributed by atoms with Gasteiger partial charge in [-0.1, -0.05) is 62.0 Å². The van der Waals surface area contributed by atoms with Gasteiger partial charge in [0.15, 0.2) is 0 Å². The molecule has 2 fully saturated rings. The zero-order valence-electron chi connectivity index (χ0n) is 15.5. The van der Waals surface area contributed by atoms with Crippen molar-refractivity contribution in [2.45, 2.75) is 82.7 Å². The molecular formula is C22H35ClSi. The maximum atomic E-state index is 6.03. The molecule has 2 aliphatic carbocycles. The van der Waals surface area contributed by atoms with Crippen molar-refractivity contribution in [1.29, 1.82) is 0 Å². The van der Waals surface area contributed by atoms with Crippen LogP contribution in [0.5, 0.6) is 0 Å². The number of hydrogen-bond donors (Lipinski definition) is 0. The molecule has 0 atom stereocenters. The van der Waals surface area contributed by atoms with Gasteiger partial charge in [-0.05, 0) is 79.9 Å². The number of halogens is 1. The van der Waals surface area contributed by atoms with Gasteiger partial charge in [0, 0.05) is 14.5 Å². The average Bonchev–Trinajstić information content (AvgIpc) is 2.63. The summed E-state index contributed by atoms with van der Waals surface area (Å²) in [6, 6.07) is 11.8. The minimum atomic E-state index is 0.277. The third-order valence-corrected chi connectivity index (χ3v) is 9.57. The molecule has 1 aromatic rings. The maximum absolute atomic E-state index is 6.03. The monoisotopic (exact) mass is 362 g/mol. The predicted octanol–water partition coefficient (Wildman–Crippen LogP) is 6.84. The highest BCUT2D eigenvalue weighted by atomic mass is 35.5. The number of rotatable bonds is 6. The summed E-state index contributed by atoms with van der Waals surface area (Å²) in [4.78, 5) is 0. The van der Waals surface area contributed by atoms with Gasteiger partial charge in [-0.2, -0.15) is 0 Å². The summed E-state index contributed by atoms with van der Waals surface area (Å²) in [5.41, 5.74) is 1.52. The van der Waals surface area contributed by atoms with Crippen molar-refractivity contribution in [1.82, 2.24) is 0 Å². The number of hydrogen-bond acceptors (Lipinski definition) is 0. The molecule has 2 aliphatic rings. The molecule has 0 saturated heterocycles. The van der Waals surface area contributed by atoms with Crippen LogP contribution in [0.1, 0.15) is 76.2 Å². The average molecular weight is 363 g/mol. The largest absolute Gasteiger partial charge is 0.0843 e. The van der Waals surface area contributed by atoms with Crippen molar-refractivity contribution in [3.8, 4) is 0 Å². The Hall–Kier alpha value is -0.273. The normalized spacial score (nSPS) is 31.6. The third-order valence-electron chi connectivity index (χ3n) is 6.89. The standard InChI is InChI=1S/C22H35ClSi/c1-2-15-24-16-17-3-5-18(6-4-17)19-7-9-20(10-8-19)21-11-13-22(23)14-12-21/h11-14,17-20H,2-10,15-16,24H2,1H3/t17-,18-,19?,20?. The molecule has 0 bridgehead atoms. The molecule has 0 N–H and O–H groups in total. The van der Waals surface area contributed by atoms with Crippen LogP contribution in [0.2, 0.25) is 17.1 Å². The Balaban J connectivity index is 1.40. The van der Waals surface area contributed by atoms with Crippen molar-refractivity contribution < 1.29 is 0 Å². The summed E-state index contributed by atoms with van der Waals surface area (Å²) >= 11 is 6.03. The van der Waals surface area contributed by atoms with E-state index in [-0.39, 0.29) is 9.52 Å². The van der Waals surface area contributed by atoms with Gasteiger partial charge < -0.3 is 0 Å². The molecule has 24 heavy (non-hydrogen) atoms. The second kappa shape index (κ2) is 9.43. The first-order valence-corrected chi connectivity index (χ1v) is 12.9. The van der Waals surface area contributed by atoms with Crippen LogP contribution in [-0.2, 0) is 0 Å². The van der Waals surface area contributed by atoms with Gasteiger partial charge in [-0.3, -0.25) is 0 Å². The molecule has 0 aromatic heterocycles. The van der Waals surface area contributed by atoms with E-state index < -0.39 is 0 Å². The second-order valence-corrected chi connectivity index (χ2v) is 10.9. The molecule has 0 heterocycles. The fourth-order valence-corrected chi connectivity index (χ4v) is 7.36. The molecule has 0 aliphatic heterocycles. The first-order chi connectivity index (χ1) is 11.8. The van der Waals surface area contributed by atoms with Gasteiger partial charge in [0.05, 0.1) is 0 Å². The van der Waals surface area contributed by atoms with Crippen molar-refractivity contribution in [3.63, 3.8) is 0 Å². The van der Waals surface area contributed by atoms with Crippen molar-refractivity contribution in [2.24, 2.45) is 17.8 Å². The van der Waals surface area contributed by atoms with E-state index in [9.17, 15) is 0 Å². The van der Waals surface area contributed by atoms with Crippen LogP contribution in [0.25, 0.3) is 0 Å². The topological polar surface area (TPSA) is 0 Å². The minimum absolute atomic E-state index is 0.277. The molecule has 2 heteroatoms.